The van der Waals surface area contributed by atoms with E-state index in [-0.39, 0.29) is 19.2 Å². The molecule has 2 aliphatic rings. The molecule has 2 aromatic carbocycles. The number of nitrogen functional groups attached to an aromatic ring is 1. The molecule has 35 heavy (non-hydrogen) atoms. The zero-order chi connectivity index (χ0) is 25.1. The molecule has 0 saturated carbocycles. The lowest BCUT2D eigenvalue weighted by atomic mass is 9.99. The Morgan fingerprint density at radius 2 is 1.89 bits per heavy atom. The van der Waals surface area contributed by atoms with Gasteiger partial charge in [-0.2, -0.15) is 0 Å². The Hall–Kier alpha value is -4.28. The van der Waals surface area contributed by atoms with Gasteiger partial charge in [-0.3, -0.25) is 24.7 Å². The predicted octanol–water partition coefficient (Wildman–Crippen LogP) is 1.70. The van der Waals surface area contributed by atoms with E-state index in [1.165, 1.54) is 9.80 Å². The van der Waals surface area contributed by atoms with Gasteiger partial charge in [0, 0.05) is 12.1 Å². The van der Waals surface area contributed by atoms with Gasteiger partial charge in [0.1, 0.15) is 11.6 Å². The second kappa shape index (κ2) is 9.92. The number of amides is 2. The Balaban J connectivity index is 1.65. The molecule has 11 nitrogen and oxygen atoms in total. The highest BCUT2D eigenvalue weighted by Crippen LogP contribution is 2.37. The van der Waals surface area contributed by atoms with Gasteiger partial charge in [0.15, 0.2) is 17.7 Å². The zero-order valence-corrected chi connectivity index (χ0v) is 19.1. The quantitative estimate of drug-likeness (QED) is 0.277. The Bertz CT molecular complexity index is 1150. The van der Waals surface area contributed by atoms with Gasteiger partial charge in [0.2, 0.25) is 6.79 Å². The Kier molecular flexibility index (Phi) is 6.76. The first-order valence-electron chi connectivity index (χ1n) is 11.1. The van der Waals surface area contributed by atoms with E-state index < -0.39 is 36.5 Å². The van der Waals surface area contributed by atoms with Crippen LogP contribution in [-0.2, 0) is 14.4 Å². The Morgan fingerprint density at radius 3 is 2.54 bits per heavy atom. The highest BCUT2D eigenvalue weighted by Gasteiger charge is 2.43. The van der Waals surface area contributed by atoms with Crippen LogP contribution in [0.3, 0.4) is 0 Å². The molecular weight excluding hydrogens is 456 g/mol. The molecule has 2 amide bonds. The second-order valence-corrected chi connectivity index (χ2v) is 8.19. The van der Waals surface area contributed by atoms with Crippen molar-refractivity contribution >= 4 is 23.6 Å². The van der Waals surface area contributed by atoms with E-state index in [1.54, 1.807) is 42.5 Å². The number of amidine groups is 1. The van der Waals surface area contributed by atoms with Crippen LogP contribution in [0.2, 0.25) is 0 Å². The van der Waals surface area contributed by atoms with Gasteiger partial charge >= 0.3 is 17.8 Å². The molecule has 4 rings (SSSR count). The highest BCUT2D eigenvalue weighted by molar-refractivity contribution is 6.35. The molecule has 1 fully saturated rings. The molecule has 184 valence electrons. The number of hydrogen-bond donors (Lipinski definition) is 3. The van der Waals surface area contributed by atoms with Crippen molar-refractivity contribution in [1.82, 2.24) is 9.80 Å². The minimum Gasteiger partial charge on any atom is -0.481 e. The van der Waals surface area contributed by atoms with Crippen LogP contribution in [0.25, 0.3) is 0 Å². The van der Waals surface area contributed by atoms with Crippen LogP contribution in [0.1, 0.15) is 36.9 Å². The lowest BCUT2D eigenvalue weighted by Gasteiger charge is -2.43. The number of nitrogens with two attached hydrogens (primary N) is 1. The van der Waals surface area contributed by atoms with Crippen molar-refractivity contribution in [2.45, 2.75) is 32.0 Å². The molecular formula is C24H26N4O7. The first kappa shape index (κ1) is 23.9. The summed E-state index contributed by atoms with van der Waals surface area (Å²) in [4.78, 5) is 40.6. The summed E-state index contributed by atoms with van der Waals surface area (Å²) in [5, 5.41) is 17.1. The second-order valence-electron chi connectivity index (χ2n) is 8.19. The fourth-order valence-corrected chi connectivity index (χ4v) is 4.15. The number of nitrogens with one attached hydrogen (secondary N) is 1. The van der Waals surface area contributed by atoms with Gasteiger partial charge in [0.25, 0.3) is 0 Å². The van der Waals surface area contributed by atoms with E-state index in [9.17, 15) is 19.5 Å². The number of hydrogen-bond acceptors (Lipinski definition) is 7. The summed E-state index contributed by atoms with van der Waals surface area (Å²) in [6.45, 7) is 2.18. The largest absolute Gasteiger partial charge is 0.481 e. The Labute approximate surface area is 201 Å². The average molecular weight is 482 g/mol. The van der Waals surface area contributed by atoms with Crippen molar-refractivity contribution in [2.75, 3.05) is 19.9 Å². The van der Waals surface area contributed by atoms with Crippen molar-refractivity contribution < 1.29 is 33.7 Å². The predicted molar refractivity (Wildman–Crippen MR) is 123 cm³/mol. The normalized spacial score (nSPS) is 17.9. The molecule has 2 unspecified atom stereocenters. The van der Waals surface area contributed by atoms with Crippen molar-refractivity contribution in [3.63, 3.8) is 0 Å². The summed E-state index contributed by atoms with van der Waals surface area (Å²) in [7, 11) is 0. The van der Waals surface area contributed by atoms with E-state index in [0.29, 0.717) is 41.3 Å². The van der Waals surface area contributed by atoms with Crippen LogP contribution in [-0.4, -0.2) is 64.6 Å². The molecule has 1 saturated heterocycles. The minimum atomic E-state index is -1.12. The number of piperazine rings is 1. The maximum absolute atomic E-state index is 13.2. The van der Waals surface area contributed by atoms with Crippen LogP contribution < -0.4 is 19.9 Å². The summed E-state index contributed by atoms with van der Waals surface area (Å²) in [5.41, 5.74) is 6.53. The van der Waals surface area contributed by atoms with Crippen LogP contribution >= 0.6 is 0 Å². The Morgan fingerprint density at radius 1 is 1.17 bits per heavy atom. The van der Waals surface area contributed by atoms with E-state index >= 15 is 0 Å². The summed E-state index contributed by atoms with van der Waals surface area (Å²) in [5.74, 6) is -1.39. The molecule has 0 spiro atoms. The average Bonchev–Trinajstić information content (AvgIpc) is 3.30. The number of ether oxygens (including phenoxy) is 3. The van der Waals surface area contributed by atoms with Crippen molar-refractivity contribution in [3.05, 3.63) is 53.6 Å². The fraction of sp³-hybridized carbons (Fsp3) is 0.333. The summed E-state index contributed by atoms with van der Waals surface area (Å²) in [6.07, 6.45) is -0.649. The number of nitrogens with zero attached hydrogens (tertiary/aromatic N) is 2. The minimum absolute atomic E-state index is 0.0363. The van der Waals surface area contributed by atoms with E-state index in [4.69, 9.17) is 25.4 Å². The third-order valence-corrected chi connectivity index (χ3v) is 5.83. The molecule has 0 radical (unpaired) electrons. The smallest absolute Gasteiger partial charge is 0.315 e. The number of carbonyl (C=O) groups is 3. The molecule has 2 atom stereocenters. The van der Waals surface area contributed by atoms with E-state index in [2.05, 4.69) is 0 Å². The standard InChI is InChI=1S/C24H26N4O7/c1-2-9-27-20(35-16-6-3-14(4-7-16)22(25)26)12-28(24(32)23(27)31)17(11-21(29)30)15-5-8-18-19(10-15)34-13-33-18/h3-8,10,17,20H,2,9,11-13H2,1H3,(H3,25,26)(H,29,30). The number of fused-ring (bicyclic) bond motifs is 1. The van der Waals surface area contributed by atoms with Gasteiger partial charge in [-0.25, -0.2) is 0 Å². The van der Waals surface area contributed by atoms with Crippen molar-refractivity contribution in [1.29, 1.82) is 5.41 Å². The first-order chi connectivity index (χ1) is 16.8. The zero-order valence-electron chi connectivity index (χ0n) is 19.1. The van der Waals surface area contributed by atoms with Crippen LogP contribution in [0.5, 0.6) is 17.2 Å². The SMILES string of the molecule is CCCN1C(=O)C(=O)N(C(CC(=O)O)c2ccc3c(c2)OCO3)CC1Oc1ccc(C(=N)N)cc1. The van der Waals surface area contributed by atoms with Gasteiger partial charge in [-0.1, -0.05) is 13.0 Å². The monoisotopic (exact) mass is 482 g/mol. The third-order valence-electron chi connectivity index (χ3n) is 5.83. The van der Waals surface area contributed by atoms with Crippen LogP contribution in [0, 0.1) is 5.41 Å². The van der Waals surface area contributed by atoms with Gasteiger partial charge in [0.05, 0.1) is 19.0 Å². The molecule has 2 aromatic rings. The molecule has 0 aromatic heterocycles. The summed E-state index contributed by atoms with van der Waals surface area (Å²) in [6, 6.07) is 10.5. The lowest BCUT2D eigenvalue weighted by Crippen LogP contribution is -2.62. The molecule has 4 N–H and O–H groups in total. The first-order valence-corrected chi connectivity index (χ1v) is 11.1. The van der Waals surface area contributed by atoms with E-state index in [1.807, 2.05) is 6.92 Å². The topological polar surface area (TPSA) is 155 Å². The van der Waals surface area contributed by atoms with Gasteiger partial charge < -0.3 is 30.0 Å². The lowest BCUT2D eigenvalue weighted by molar-refractivity contribution is -0.169. The number of aliphatic carboxylic acids is 1. The number of carbonyl (C=O) groups excluding carboxylic acids is 2. The number of benzene rings is 2. The van der Waals surface area contributed by atoms with Crippen LogP contribution in [0.4, 0.5) is 0 Å². The van der Waals surface area contributed by atoms with Crippen LogP contribution in [0.15, 0.2) is 42.5 Å². The highest BCUT2D eigenvalue weighted by atomic mass is 16.7. The number of carboxylic acid groups (broad SMARTS) is 1. The molecule has 11 heteroatoms. The maximum atomic E-state index is 13.2. The molecule has 0 aliphatic carbocycles. The molecule has 2 heterocycles. The summed E-state index contributed by atoms with van der Waals surface area (Å²) < 4.78 is 16.8. The number of rotatable bonds is 9. The molecule has 0 bridgehead atoms. The number of carboxylic acids is 1. The third kappa shape index (κ3) is 4.98. The fourth-order valence-electron chi connectivity index (χ4n) is 4.15. The van der Waals surface area contributed by atoms with E-state index in [0.717, 1.165) is 0 Å². The van der Waals surface area contributed by atoms with Crippen molar-refractivity contribution in [3.8, 4) is 17.2 Å². The maximum Gasteiger partial charge on any atom is 0.315 e. The van der Waals surface area contributed by atoms with Crippen molar-refractivity contribution in [2.24, 2.45) is 5.73 Å². The molecule has 2 aliphatic heterocycles. The summed E-state index contributed by atoms with van der Waals surface area (Å²) >= 11 is 0. The van der Waals surface area contributed by atoms with Gasteiger partial charge in [-0.05, 0) is 48.4 Å². The van der Waals surface area contributed by atoms with Gasteiger partial charge in [-0.15, -0.1) is 0 Å².